The van der Waals surface area contributed by atoms with E-state index in [1.165, 1.54) is 0 Å². The van der Waals surface area contributed by atoms with Crippen molar-refractivity contribution in [2.45, 2.75) is 13.8 Å². The minimum Gasteiger partial charge on any atom is -0.450 e. The van der Waals surface area contributed by atoms with E-state index in [0.29, 0.717) is 11.0 Å². The average molecular weight is 180 g/mol. The summed E-state index contributed by atoms with van der Waals surface area (Å²) >= 11 is 5.04. The Balaban J connectivity index is 2.59. The lowest BCUT2D eigenvalue weighted by Gasteiger charge is -2.08. The fraction of sp³-hybridized carbons (Fsp3) is 0.300. The lowest BCUT2D eigenvalue weighted by atomic mass is 10.2. The van der Waals surface area contributed by atoms with Gasteiger partial charge in [0.15, 0.2) is 5.05 Å². The van der Waals surface area contributed by atoms with Crippen LogP contribution in [0, 0.1) is 5.92 Å². The first-order valence-corrected chi connectivity index (χ1v) is 4.37. The Morgan fingerprint density at radius 1 is 1.25 bits per heavy atom. The molecule has 0 N–H and O–H groups in total. The zero-order valence-corrected chi connectivity index (χ0v) is 8.10. The Morgan fingerprint density at radius 3 is 2.33 bits per heavy atom. The van der Waals surface area contributed by atoms with E-state index in [4.69, 9.17) is 17.0 Å². The Morgan fingerprint density at radius 2 is 1.83 bits per heavy atom. The number of benzene rings is 1. The lowest BCUT2D eigenvalue weighted by molar-refractivity contribution is 0.523. The Kier molecular flexibility index (Phi) is 3.23. The molecule has 64 valence electrons. The quantitative estimate of drug-likeness (QED) is 0.647. The van der Waals surface area contributed by atoms with E-state index in [0.717, 1.165) is 5.75 Å². The molecule has 0 spiro atoms. The lowest BCUT2D eigenvalue weighted by Crippen LogP contribution is -2.12. The highest BCUT2D eigenvalue weighted by Gasteiger charge is 2.03. The van der Waals surface area contributed by atoms with Crippen molar-refractivity contribution >= 4 is 17.3 Å². The average Bonchev–Trinajstić information content (AvgIpc) is 2.06. The van der Waals surface area contributed by atoms with Crippen LogP contribution in [0.1, 0.15) is 13.8 Å². The Bertz CT molecular complexity index is 254. The summed E-state index contributed by atoms with van der Waals surface area (Å²) in [6.45, 7) is 4.04. The van der Waals surface area contributed by atoms with Gasteiger partial charge in [-0.05, 0) is 24.4 Å². The van der Waals surface area contributed by atoms with E-state index < -0.39 is 0 Å². The summed E-state index contributed by atoms with van der Waals surface area (Å²) in [5, 5.41) is 0.640. The molecule has 0 amide bonds. The molecule has 1 rings (SSSR count). The van der Waals surface area contributed by atoms with Crippen LogP contribution in [0.2, 0.25) is 0 Å². The van der Waals surface area contributed by atoms with Crippen LogP contribution in [-0.4, -0.2) is 5.05 Å². The molecule has 0 saturated heterocycles. The first-order valence-electron chi connectivity index (χ1n) is 3.97. The van der Waals surface area contributed by atoms with Crippen LogP contribution in [0.15, 0.2) is 30.3 Å². The number of rotatable bonds is 2. The van der Waals surface area contributed by atoms with E-state index in [2.05, 4.69) is 0 Å². The number of para-hydroxylation sites is 1. The van der Waals surface area contributed by atoms with Crippen molar-refractivity contribution in [3.05, 3.63) is 30.3 Å². The van der Waals surface area contributed by atoms with Crippen molar-refractivity contribution in [2.75, 3.05) is 0 Å². The summed E-state index contributed by atoms with van der Waals surface area (Å²) < 4.78 is 5.41. The minimum absolute atomic E-state index is 0.292. The molecule has 0 unspecified atom stereocenters. The van der Waals surface area contributed by atoms with Crippen LogP contribution in [0.4, 0.5) is 0 Å². The molecule has 12 heavy (non-hydrogen) atoms. The zero-order valence-electron chi connectivity index (χ0n) is 7.28. The van der Waals surface area contributed by atoms with Crippen molar-refractivity contribution in [3.8, 4) is 5.75 Å². The molecule has 0 aliphatic heterocycles. The second kappa shape index (κ2) is 4.21. The van der Waals surface area contributed by atoms with Gasteiger partial charge in [0.05, 0.1) is 0 Å². The fourth-order valence-corrected chi connectivity index (χ4v) is 0.819. The van der Waals surface area contributed by atoms with E-state index in [1.54, 1.807) is 0 Å². The minimum atomic E-state index is 0.292. The van der Waals surface area contributed by atoms with Gasteiger partial charge in [-0.3, -0.25) is 0 Å². The van der Waals surface area contributed by atoms with Crippen molar-refractivity contribution in [2.24, 2.45) is 5.92 Å². The van der Waals surface area contributed by atoms with Gasteiger partial charge >= 0.3 is 0 Å². The summed E-state index contributed by atoms with van der Waals surface area (Å²) in [5.74, 6) is 1.11. The highest BCUT2D eigenvalue weighted by atomic mass is 32.1. The van der Waals surface area contributed by atoms with Gasteiger partial charge in [-0.15, -0.1) is 0 Å². The van der Waals surface area contributed by atoms with Crippen molar-refractivity contribution in [1.29, 1.82) is 0 Å². The van der Waals surface area contributed by atoms with E-state index in [1.807, 2.05) is 44.2 Å². The molecule has 1 aromatic carbocycles. The molecule has 0 heterocycles. The number of thiocarbonyl (C=S) groups is 1. The number of ether oxygens (including phenoxy) is 1. The van der Waals surface area contributed by atoms with Crippen molar-refractivity contribution in [3.63, 3.8) is 0 Å². The summed E-state index contributed by atoms with van der Waals surface area (Å²) in [6.07, 6.45) is 0. The van der Waals surface area contributed by atoms with Gasteiger partial charge in [0, 0.05) is 5.92 Å². The fourth-order valence-electron chi connectivity index (χ4n) is 0.723. The van der Waals surface area contributed by atoms with Gasteiger partial charge in [0.25, 0.3) is 0 Å². The first kappa shape index (κ1) is 9.20. The smallest absolute Gasteiger partial charge is 0.169 e. The molecular weight excluding hydrogens is 168 g/mol. The third-order valence-electron chi connectivity index (χ3n) is 1.43. The molecular formula is C10H12OS. The van der Waals surface area contributed by atoms with Gasteiger partial charge in [-0.1, -0.05) is 32.0 Å². The molecule has 0 radical (unpaired) electrons. The second-order valence-corrected chi connectivity index (χ2v) is 3.29. The molecule has 1 aromatic rings. The first-order chi connectivity index (χ1) is 5.70. The molecule has 0 saturated carbocycles. The van der Waals surface area contributed by atoms with Crippen molar-refractivity contribution in [1.82, 2.24) is 0 Å². The standard InChI is InChI=1S/C10H12OS/c1-8(2)10(12)11-9-6-4-3-5-7-9/h3-8H,1-2H3. The van der Waals surface area contributed by atoms with E-state index in [9.17, 15) is 0 Å². The topological polar surface area (TPSA) is 9.23 Å². The van der Waals surface area contributed by atoms with Crippen LogP contribution in [-0.2, 0) is 0 Å². The monoisotopic (exact) mass is 180 g/mol. The summed E-state index contributed by atoms with van der Waals surface area (Å²) in [6, 6.07) is 9.60. The van der Waals surface area contributed by atoms with Gasteiger partial charge in [-0.2, -0.15) is 0 Å². The summed E-state index contributed by atoms with van der Waals surface area (Å²) in [4.78, 5) is 0. The summed E-state index contributed by atoms with van der Waals surface area (Å²) in [5.41, 5.74) is 0. The maximum atomic E-state index is 5.41. The van der Waals surface area contributed by atoms with Crippen LogP contribution in [0.25, 0.3) is 0 Å². The molecule has 1 nitrogen and oxygen atoms in total. The Hall–Kier alpha value is -0.890. The molecule has 0 bridgehead atoms. The molecule has 0 aliphatic rings. The number of hydrogen-bond acceptors (Lipinski definition) is 2. The molecule has 0 aromatic heterocycles. The molecule has 0 fully saturated rings. The number of hydrogen-bond donors (Lipinski definition) is 0. The van der Waals surface area contributed by atoms with Crippen LogP contribution in [0.3, 0.4) is 0 Å². The largest absolute Gasteiger partial charge is 0.450 e. The third-order valence-corrected chi connectivity index (χ3v) is 1.99. The predicted octanol–water partition coefficient (Wildman–Crippen LogP) is 3.05. The maximum absolute atomic E-state index is 5.41. The van der Waals surface area contributed by atoms with Gasteiger partial charge in [0.2, 0.25) is 0 Å². The van der Waals surface area contributed by atoms with E-state index in [-0.39, 0.29) is 0 Å². The highest BCUT2D eigenvalue weighted by molar-refractivity contribution is 7.80. The van der Waals surface area contributed by atoms with Crippen LogP contribution >= 0.6 is 12.2 Å². The third kappa shape index (κ3) is 2.62. The highest BCUT2D eigenvalue weighted by Crippen LogP contribution is 2.11. The Labute approximate surface area is 78.4 Å². The normalized spacial score (nSPS) is 9.92. The molecule has 2 heteroatoms. The molecule has 0 atom stereocenters. The van der Waals surface area contributed by atoms with Crippen molar-refractivity contribution < 1.29 is 4.74 Å². The molecule has 0 aliphatic carbocycles. The van der Waals surface area contributed by atoms with E-state index >= 15 is 0 Å². The predicted molar refractivity (Wildman–Crippen MR) is 54.5 cm³/mol. The second-order valence-electron chi connectivity index (χ2n) is 2.89. The van der Waals surface area contributed by atoms with Crippen LogP contribution < -0.4 is 4.74 Å². The van der Waals surface area contributed by atoms with Gasteiger partial charge in [0.1, 0.15) is 5.75 Å². The zero-order chi connectivity index (χ0) is 8.97. The van der Waals surface area contributed by atoms with Gasteiger partial charge in [-0.25, -0.2) is 0 Å². The summed E-state index contributed by atoms with van der Waals surface area (Å²) in [7, 11) is 0. The SMILES string of the molecule is CC(C)C(=S)Oc1ccccc1. The van der Waals surface area contributed by atoms with Gasteiger partial charge < -0.3 is 4.74 Å². The maximum Gasteiger partial charge on any atom is 0.169 e. The van der Waals surface area contributed by atoms with Crippen LogP contribution in [0.5, 0.6) is 5.75 Å².